The van der Waals surface area contributed by atoms with Crippen molar-refractivity contribution >= 4 is 5.91 Å². The molecule has 1 N–H and O–H groups in total. The van der Waals surface area contributed by atoms with Crippen LogP contribution in [-0.4, -0.2) is 32.8 Å². The molecule has 1 saturated carbocycles. The van der Waals surface area contributed by atoms with E-state index in [0.717, 1.165) is 0 Å². The van der Waals surface area contributed by atoms with E-state index in [0.29, 0.717) is 23.8 Å². The SMILES string of the molecule is COc1cccc(C(=O)NC[C@H](OC)C2CC2)c1. The first-order valence-corrected chi connectivity index (χ1v) is 6.19. The molecular formula is C14H19NO3. The van der Waals surface area contributed by atoms with Crippen molar-refractivity contribution in [1.29, 1.82) is 0 Å². The van der Waals surface area contributed by atoms with E-state index >= 15 is 0 Å². The Bertz CT molecular complexity index is 415. The molecule has 4 nitrogen and oxygen atoms in total. The molecule has 0 radical (unpaired) electrons. The lowest BCUT2D eigenvalue weighted by Crippen LogP contribution is -2.34. The summed E-state index contributed by atoms with van der Waals surface area (Å²) < 4.78 is 10.5. The van der Waals surface area contributed by atoms with E-state index in [1.165, 1.54) is 12.8 Å². The summed E-state index contributed by atoms with van der Waals surface area (Å²) in [5.41, 5.74) is 0.611. The van der Waals surface area contributed by atoms with E-state index in [-0.39, 0.29) is 12.0 Å². The Labute approximate surface area is 107 Å². The minimum atomic E-state index is -0.0865. The summed E-state index contributed by atoms with van der Waals surface area (Å²) in [7, 11) is 3.28. The molecule has 0 heterocycles. The Balaban J connectivity index is 1.90. The number of rotatable bonds is 6. The van der Waals surface area contributed by atoms with Gasteiger partial charge >= 0.3 is 0 Å². The number of carbonyl (C=O) groups excluding carboxylic acids is 1. The Morgan fingerprint density at radius 2 is 2.22 bits per heavy atom. The molecule has 1 aliphatic carbocycles. The zero-order valence-corrected chi connectivity index (χ0v) is 10.8. The van der Waals surface area contributed by atoms with Gasteiger partial charge in [0.2, 0.25) is 0 Å². The minimum absolute atomic E-state index is 0.0865. The van der Waals surface area contributed by atoms with E-state index < -0.39 is 0 Å². The fourth-order valence-corrected chi connectivity index (χ4v) is 1.97. The van der Waals surface area contributed by atoms with Crippen molar-refractivity contribution in [2.45, 2.75) is 18.9 Å². The normalized spacial score (nSPS) is 16.1. The number of ether oxygens (including phenoxy) is 2. The molecule has 0 unspecified atom stereocenters. The zero-order chi connectivity index (χ0) is 13.0. The lowest BCUT2D eigenvalue weighted by Gasteiger charge is -2.15. The molecule has 1 fully saturated rings. The Hall–Kier alpha value is -1.55. The van der Waals surface area contributed by atoms with Crippen molar-refractivity contribution in [3.63, 3.8) is 0 Å². The molecule has 1 atom stereocenters. The van der Waals surface area contributed by atoms with Gasteiger partial charge in [-0.1, -0.05) is 6.07 Å². The van der Waals surface area contributed by atoms with E-state index in [1.54, 1.807) is 26.4 Å². The third kappa shape index (κ3) is 3.23. The van der Waals surface area contributed by atoms with Gasteiger partial charge in [-0.3, -0.25) is 4.79 Å². The molecule has 98 valence electrons. The maximum Gasteiger partial charge on any atom is 0.251 e. The van der Waals surface area contributed by atoms with Crippen molar-refractivity contribution in [3.05, 3.63) is 29.8 Å². The van der Waals surface area contributed by atoms with Gasteiger partial charge in [-0.15, -0.1) is 0 Å². The summed E-state index contributed by atoms with van der Waals surface area (Å²) in [4.78, 5) is 12.0. The number of amides is 1. The summed E-state index contributed by atoms with van der Waals surface area (Å²) in [5.74, 6) is 1.21. The van der Waals surface area contributed by atoms with Gasteiger partial charge < -0.3 is 14.8 Å². The van der Waals surface area contributed by atoms with E-state index in [4.69, 9.17) is 9.47 Å². The molecule has 0 aliphatic heterocycles. The average molecular weight is 249 g/mol. The van der Waals surface area contributed by atoms with Crippen molar-refractivity contribution in [1.82, 2.24) is 5.32 Å². The fraction of sp³-hybridized carbons (Fsp3) is 0.500. The van der Waals surface area contributed by atoms with Crippen molar-refractivity contribution < 1.29 is 14.3 Å². The van der Waals surface area contributed by atoms with Gasteiger partial charge in [0.05, 0.1) is 13.2 Å². The van der Waals surface area contributed by atoms with Crippen LogP contribution >= 0.6 is 0 Å². The molecule has 0 spiro atoms. The summed E-state index contributed by atoms with van der Waals surface area (Å²) in [6, 6.07) is 7.13. The van der Waals surface area contributed by atoms with Crippen molar-refractivity contribution in [2.75, 3.05) is 20.8 Å². The Morgan fingerprint density at radius 1 is 1.44 bits per heavy atom. The van der Waals surface area contributed by atoms with Crippen LogP contribution in [-0.2, 0) is 4.74 Å². The Morgan fingerprint density at radius 3 is 2.83 bits per heavy atom. The molecule has 1 aliphatic rings. The third-order valence-electron chi connectivity index (χ3n) is 3.25. The van der Waals surface area contributed by atoms with Crippen LogP contribution in [0.5, 0.6) is 5.75 Å². The first kappa shape index (κ1) is 12.9. The molecule has 1 amide bonds. The number of benzene rings is 1. The lowest BCUT2D eigenvalue weighted by atomic mass is 10.2. The van der Waals surface area contributed by atoms with Crippen molar-refractivity contribution in [2.24, 2.45) is 5.92 Å². The standard InChI is InChI=1S/C14H19NO3/c1-17-12-5-3-4-11(8-12)14(16)15-9-13(18-2)10-6-7-10/h3-5,8,10,13H,6-7,9H2,1-2H3,(H,15,16)/t13-/m0/s1. The maximum atomic E-state index is 12.0. The second kappa shape index (κ2) is 5.87. The quantitative estimate of drug-likeness (QED) is 0.837. The first-order chi connectivity index (χ1) is 8.74. The average Bonchev–Trinajstić information content (AvgIpc) is 3.24. The monoisotopic (exact) mass is 249 g/mol. The zero-order valence-electron chi connectivity index (χ0n) is 10.8. The number of nitrogens with one attached hydrogen (secondary N) is 1. The smallest absolute Gasteiger partial charge is 0.251 e. The van der Waals surface area contributed by atoms with Crippen molar-refractivity contribution in [3.8, 4) is 5.75 Å². The molecule has 0 aromatic heterocycles. The van der Waals surface area contributed by atoms with Gasteiger partial charge in [0.25, 0.3) is 5.91 Å². The maximum absolute atomic E-state index is 12.0. The van der Waals surface area contributed by atoms with Crippen LogP contribution in [0, 0.1) is 5.92 Å². The van der Waals surface area contributed by atoms with E-state index in [9.17, 15) is 4.79 Å². The van der Waals surface area contributed by atoms with Crippen LogP contribution in [0.1, 0.15) is 23.2 Å². The highest BCUT2D eigenvalue weighted by Crippen LogP contribution is 2.33. The van der Waals surface area contributed by atoms with Gasteiger partial charge in [0.1, 0.15) is 5.75 Å². The van der Waals surface area contributed by atoms with Crippen LogP contribution in [0.15, 0.2) is 24.3 Å². The van der Waals surface area contributed by atoms with Gasteiger partial charge in [-0.2, -0.15) is 0 Å². The van der Waals surface area contributed by atoms with Crippen LogP contribution in [0.25, 0.3) is 0 Å². The predicted molar refractivity (Wildman–Crippen MR) is 68.8 cm³/mol. The van der Waals surface area contributed by atoms with Gasteiger partial charge in [0.15, 0.2) is 0 Å². The largest absolute Gasteiger partial charge is 0.497 e. The fourth-order valence-electron chi connectivity index (χ4n) is 1.97. The minimum Gasteiger partial charge on any atom is -0.497 e. The van der Waals surface area contributed by atoms with Crippen LogP contribution in [0.3, 0.4) is 0 Å². The van der Waals surface area contributed by atoms with Crippen LogP contribution in [0.2, 0.25) is 0 Å². The molecular weight excluding hydrogens is 230 g/mol. The van der Waals surface area contributed by atoms with E-state index in [2.05, 4.69) is 5.32 Å². The number of carbonyl (C=O) groups is 1. The topological polar surface area (TPSA) is 47.6 Å². The highest BCUT2D eigenvalue weighted by atomic mass is 16.5. The molecule has 0 saturated heterocycles. The number of methoxy groups -OCH3 is 2. The van der Waals surface area contributed by atoms with Gasteiger partial charge in [-0.05, 0) is 37.0 Å². The third-order valence-corrected chi connectivity index (χ3v) is 3.25. The predicted octanol–water partition coefficient (Wildman–Crippen LogP) is 1.85. The van der Waals surface area contributed by atoms with Crippen LogP contribution in [0.4, 0.5) is 0 Å². The second-order valence-corrected chi connectivity index (χ2v) is 4.55. The summed E-state index contributed by atoms with van der Waals surface area (Å²) in [6.07, 6.45) is 2.54. The number of hydrogen-bond acceptors (Lipinski definition) is 3. The highest BCUT2D eigenvalue weighted by molar-refractivity contribution is 5.94. The summed E-state index contributed by atoms with van der Waals surface area (Å²) in [6.45, 7) is 0.567. The highest BCUT2D eigenvalue weighted by Gasteiger charge is 2.31. The molecule has 2 rings (SSSR count). The number of hydrogen-bond donors (Lipinski definition) is 1. The van der Waals surface area contributed by atoms with E-state index in [1.807, 2.05) is 12.1 Å². The molecule has 18 heavy (non-hydrogen) atoms. The second-order valence-electron chi connectivity index (χ2n) is 4.55. The van der Waals surface area contributed by atoms with Crippen LogP contribution < -0.4 is 10.1 Å². The molecule has 1 aromatic rings. The molecule has 1 aromatic carbocycles. The summed E-state index contributed by atoms with van der Waals surface area (Å²) >= 11 is 0. The molecule has 0 bridgehead atoms. The lowest BCUT2D eigenvalue weighted by molar-refractivity contribution is 0.0741. The molecule has 4 heteroatoms. The van der Waals surface area contributed by atoms with Gasteiger partial charge in [0, 0.05) is 19.2 Å². The first-order valence-electron chi connectivity index (χ1n) is 6.19. The summed E-state index contributed by atoms with van der Waals surface area (Å²) in [5, 5.41) is 2.90. The Kier molecular flexibility index (Phi) is 4.20. The van der Waals surface area contributed by atoms with Gasteiger partial charge in [-0.25, -0.2) is 0 Å².